The summed E-state index contributed by atoms with van der Waals surface area (Å²) in [6.07, 6.45) is 4.07. The van der Waals surface area contributed by atoms with Gasteiger partial charge in [0.1, 0.15) is 16.9 Å². The van der Waals surface area contributed by atoms with E-state index in [4.69, 9.17) is 0 Å². The Morgan fingerprint density at radius 3 is 2.88 bits per heavy atom. The van der Waals surface area contributed by atoms with Crippen LogP contribution in [0.5, 0.6) is 0 Å². The molecule has 136 valence electrons. The molecule has 1 fully saturated rings. The lowest BCUT2D eigenvalue weighted by Gasteiger charge is -2.16. The summed E-state index contributed by atoms with van der Waals surface area (Å²) in [5, 5.41) is 6.22. The van der Waals surface area contributed by atoms with Crippen LogP contribution in [-0.4, -0.2) is 29.4 Å². The van der Waals surface area contributed by atoms with E-state index in [9.17, 15) is 14.0 Å². The van der Waals surface area contributed by atoms with Crippen LogP contribution in [0.4, 0.5) is 4.39 Å². The van der Waals surface area contributed by atoms with Gasteiger partial charge in [-0.15, -0.1) is 11.8 Å². The topological polar surface area (TPSA) is 71.1 Å². The van der Waals surface area contributed by atoms with Gasteiger partial charge in [-0.2, -0.15) is 0 Å². The molecule has 0 spiro atoms. The Kier molecular flexibility index (Phi) is 6.22. The zero-order valence-electron chi connectivity index (χ0n) is 14.2. The maximum atomic E-state index is 13.0. The monoisotopic (exact) mass is 373 g/mol. The van der Waals surface area contributed by atoms with Gasteiger partial charge in [-0.25, -0.2) is 9.37 Å². The number of hydrogen-bond donors (Lipinski definition) is 2. The van der Waals surface area contributed by atoms with Crippen molar-refractivity contribution in [2.75, 3.05) is 6.54 Å². The minimum Gasteiger partial charge on any atom is -0.354 e. The second kappa shape index (κ2) is 8.80. The van der Waals surface area contributed by atoms with Crippen LogP contribution in [0.1, 0.15) is 35.2 Å². The zero-order valence-corrected chi connectivity index (χ0v) is 15.0. The van der Waals surface area contributed by atoms with Crippen molar-refractivity contribution >= 4 is 23.6 Å². The Hall–Kier alpha value is -2.41. The van der Waals surface area contributed by atoms with Crippen LogP contribution in [0.15, 0.2) is 47.6 Å². The molecule has 2 aromatic rings. The number of aromatic nitrogens is 1. The van der Waals surface area contributed by atoms with Gasteiger partial charge in [0.2, 0.25) is 5.91 Å². The first-order chi connectivity index (χ1) is 12.6. The molecular formula is C19H20FN3O2S. The summed E-state index contributed by atoms with van der Waals surface area (Å²) in [5.41, 5.74) is 1.38. The molecule has 0 bridgehead atoms. The molecule has 2 N–H and O–H groups in total. The van der Waals surface area contributed by atoms with E-state index in [1.165, 1.54) is 23.9 Å². The van der Waals surface area contributed by atoms with Crippen LogP contribution in [0, 0.1) is 5.82 Å². The number of rotatable bonds is 5. The van der Waals surface area contributed by atoms with Gasteiger partial charge >= 0.3 is 0 Å². The average Bonchev–Trinajstić information content (AvgIpc) is 2.86. The number of amides is 2. The van der Waals surface area contributed by atoms with E-state index < -0.39 is 6.04 Å². The van der Waals surface area contributed by atoms with Gasteiger partial charge in [0.05, 0.1) is 5.56 Å². The number of nitrogens with one attached hydrogen (secondary N) is 2. The summed E-state index contributed by atoms with van der Waals surface area (Å²) >= 11 is 1.41. The molecule has 1 aliphatic rings. The second-order valence-electron chi connectivity index (χ2n) is 6.08. The molecule has 0 radical (unpaired) electrons. The number of hydrogen-bond acceptors (Lipinski definition) is 4. The standard InChI is InChI=1S/C19H20FN3O2S/c20-14-8-6-13(7-9-14)12-26-19-15(4-3-11-22-19)17(24)23-16-5-1-2-10-21-18(16)25/h3-4,6-9,11,16H,1-2,5,10,12H2,(H,21,25)(H,23,24). The summed E-state index contributed by atoms with van der Waals surface area (Å²) in [6, 6.07) is 9.12. The van der Waals surface area contributed by atoms with E-state index >= 15 is 0 Å². The molecular weight excluding hydrogens is 353 g/mol. The quantitative estimate of drug-likeness (QED) is 0.791. The number of benzene rings is 1. The van der Waals surface area contributed by atoms with Crippen molar-refractivity contribution in [2.45, 2.75) is 36.1 Å². The summed E-state index contributed by atoms with van der Waals surface area (Å²) < 4.78 is 13.0. The fraction of sp³-hybridized carbons (Fsp3) is 0.316. The average molecular weight is 373 g/mol. The van der Waals surface area contributed by atoms with Gasteiger partial charge in [0, 0.05) is 18.5 Å². The first kappa shape index (κ1) is 18.4. The van der Waals surface area contributed by atoms with Crippen LogP contribution < -0.4 is 10.6 Å². The molecule has 2 amide bonds. The smallest absolute Gasteiger partial charge is 0.254 e. The maximum absolute atomic E-state index is 13.0. The Morgan fingerprint density at radius 2 is 2.08 bits per heavy atom. The highest BCUT2D eigenvalue weighted by Gasteiger charge is 2.24. The SMILES string of the molecule is O=C(NC1CCCCNC1=O)c1cccnc1SCc1ccc(F)cc1. The summed E-state index contributed by atoms with van der Waals surface area (Å²) in [4.78, 5) is 29.0. The number of pyridine rings is 1. The summed E-state index contributed by atoms with van der Waals surface area (Å²) in [6.45, 7) is 0.650. The highest BCUT2D eigenvalue weighted by molar-refractivity contribution is 7.98. The van der Waals surface area contributed by atoms with Crippen molar-refractivity contribution in [3.63, 3.8) is 0 Å². The van der Waals surface area contributed by atoms with Crippen molar-refractivity contribution in [1.29, 1.82) is 0 Å². The van der Waals surface area contributed by atoms with Crippen LogP contribution in [0.2, 0.25) is 0 Å². The summed E-state index contributed by atoms with van der Waals surface area (Å²) in [5.74, 6) is -0.151. The lowest BCUT2D eigenvalue weighted by molar-refractivity contribution is -0.122. The van der Waals surface area contributed by atoms with Crippen molar-refractivity contribution < 1.29 is 14.0 Å². The fourth-order valence-corrected chi connectivity index (χ4v) is 3.67. The minimum atomic E-state index is -0.514. The van der Waals surface area contributed by atoms with E-state index in [1.807, 2.05) is 0 Å². The van der Waals surface area contributed by atoms with E-state index in [2.05, 4.69) is 15.6 Å². The molecule has 1 aromatic heterocycles. The molecule has 0 saturated carbocycles. The van der Waals surface area contributed by atoms with E-state index in [-0.39, 0.29) is 17.6 Å². The van der Waals surface area contributed by atoms with Crippen molar-refractivity contribution in [3.8, 4) is 0 Å². The predicted octanol–water partition coefficient (Wildman–Crippen LogP) is 2.91. The Bertz CT molecular complexity index is 783. The van der Waals surface area contributed by atoms with Crippen LogP contribution >= 0.6 is 11.8 Å². The maximum Gasteiger partial charge on any atom is 0.254 e. The normalized spacial score (nSPS) is 17.3. The molecule has 3 rings (SSSR count). The molecule has 7 heteroatoms. The van der Waals surface area contributed by atoms with Gasteiger partial charge in [-0.1, -0.05) is 12.1 Å². The largest absolute Gasteiger partial charge is 0.354 e. The van der Waals surface area contributed by atoms with Gasteiger partial charge in [0.15, 0.2) is 0 Å². The van der Waals surface area contributed by atoms with Gasteiger partial charge in [-0.3, -0.25) is 9.59 Å². The third kappa shape index (κ3) is 4.82. The molecule has 26 heavy (non-hydrogen) atoms. The van der Waals surface area contributed by atoms with E-state index in [1.54, 1.807) is 30.5 Å². The minimum absolute atomic E-state index is 0.139. The Balaban J connectivity index is 1.68. The third-order valence-corrected chi connectivity index (χ3v) is 5.22. The zero-order chi connectivity index (χ0) is 18.4. The lowest BCUT2D eigenvalue weighted by Crippen LogP contribution is -2.45. The van der Waals surface area contributed by atoms with Crippen molar-refractivity contribution in [2.24, 2.45) is 0 Å². The molecule has 1 atom stereocenters. The molecule has 1 saturated heterocycles. The molecule has 2 heterocycles. The van der Waals surface area contributed by atoms with Crippen LogP contribution in [0.25, 0.3) is 0 Å². The second-order valence-corrected chi connectivity index (χ2v) is 7.05. The van der Waals surface area contributed by atoms with Crippen molar-refractivity contribution in [1.82, 2.24) is 15.6 Å². The summed E-state index contributed by atoms with van der Waals surface area (Å²) in [7, 11) is 0. The first-order valence-electron chi connectivity index (χ1n) is 8.54. The van der Waals surface area contributed by atoms with E-state index in [0.29, 0.717) is 29.3 Å². The predicted molar refractivity (Wildman–Crippen MR) is 98.3 cm³/mol. The van der Waals surface area contributed by atoms with Gasteiger partial charge in [0.25, 0.3) is 5.91 Å². The third-order valence-electron chi connectivity index (χ3n) is 4.15. The number of halogens is 1. The molecule has 0 aliphatic carbocycles. The molecule has 5 nitrogen and oxygen atoms in total. The van der Waals surface area contributed by atoms with Crippen LogP contribution in [0.3, 0.4) is 0 Å². The molecule has 1 aromatic carbocycles. The first-order valence-corrected chi connectivity index (χ1v) is 9.53. The highest BCUT2D eigenvalue weighted by atomic mass is 32.2. The number of carbonyl (C=O) groups excluding carboxylic acids is 2. The number of thioether (sulfide) groups is 1. The van der Waals surface area contributed by atoms with Crippen LogP contribution in [-0.2, 0) is 10.5 Å². The highest BCUT2D eigenvalue weighted by Crippen LogP contribution is 2.24. The molecule has 1 unspecified atom stereocenters. The van der Waals surface area contributed by atoms with E-state index in [0.717, 1.165) is 18.4 Å². The Labute approximate surface area is 155 Å². The van der Waals surface area contributed by atoms with Gasteiger partial charge in [-0.05, 0) is 49.1 Å². The number of carbonyl (C=O) groups is 2. The Morgan fingerprint density at radius 1 is 1.27 bits per heavy atom. The van der Waals surface area contributed by atoms with Gasteiger partial charge < -0.3 is 10.6 Å². The van der Waals surface area contributed by atoms with Crippen molar-refractivity contribution in [3.05, 3.63) is 59.5 Å². The molecule has 1 aliphatic heterocycles. The fourth-order valence-electron chi connectivity index (χ4n) is 2.72. The lowest BCUT2D eigenvalue weighted by atomic mass is 10.1. The number of nitrogens with zero attached hydrogens (tertiary/aromatic N) is 1.